The van der Waals surface area contributed by atoms with Crippen LogP contribution >= 0.6 is 0 Å². The third-order valence-electron chi connectivity index (χ3n) is 18.4. The van der Waals surface area contributed by atoms with Crippen molar-refractivity contribution in [2.75, 3.05) is 32.8 Å². The molecule has 7 fully saturated rings. The first-order chi connectivity index (χ1) is 25.2. The summed E-state index contributed by atoms with van der Waals surface area (Å²) >= 11 is 0. The standard InChI is InChI=1S/C47H78N2O4/c1-33(2)35-19-25-47(32-52-40(50)16-13-15-34-14-9-10-28-48-34)27-26-45(6)36(42(35)47)17-18-38-44(5)23-21-39(43(3,4)37(44)20-24-46(38,45)7)53-41(51)22-31-49-29-11-8-12-30-49/h34-39,42,48H,1,8-32H2,2-7H3/t34?,35?,36?,37?,38?,39-,42?,44-,45+,46+,47+/m0/s1. The average molecular weight is 735 g/mol. The lowest BCUT2D eigenvalue weighted by molar-refractivity contribution is -0.252. The highest BCUT2D eigenvalue weighted by Crippen LogP contribution is 2.77. The number of rotatable bonds is 11. The first kappa shape index (κ1) is 39.8. The van der Waals surface area contributed by atoms with Crippen molar-refractivity contribution in [3.8, 4) is 0 Å². The van der Waals surface area contributed by atoms with Crippen molar-refractivity contribution < 1.29 is 19.1 Å². The molecule has 2 heterocycles. The lowest BCUT2D eigenvalue weighted by Gasteiger charge is -2.73. The summed E-state index contributed by atoms with van der Waals surface area (Å²) in [6, 6.07) is 0.577. The smallest absolute Gasteiger partial charge is 0.307 e. The summed E-state index contributed by atoms with van der Waals surface area (Å²) in [6.45, 7) is 24.7. The van der Waals surface area contributed by atoms with Gasteiger partial charge in [0.2, 0.25) is 0 Å². The van der Waals surface area contributed by atoms with Crippen LogP contribution in [0.4, 0.5) is 0 Å². The van der Waals surface area contributed by atoms with Gasteiger partial charge in [0.05, 0.1) is 13.0 Å². The van der Waals surface area contributed by atoms with Crippen LogP contribution in [-0.4, -0.2) is 61.8 Å². The zero-order chi connectivity index (χ0) is 37.6. The Hall–Kier alpha value is -1.40. The topological polar surface area (TPSA) is 67.9 Å². The highest BCUT2D eigenvalue weighted by atomic mass is 16.5. The fourth-order valence-electron chi connectivity index (χ4n) is 15.3. The number of esters is 2. The van der Waals surface area contributed by atoms with Crippen molar-refractivity contribution in [2.45, 2.75) is 182 Å². The van der Waals surface area contributed by atoms with E-state index in [4.69, 9.17) is 9.47 Å². The Morgan fingerprint density at radius 2 is 1.57 bits per heavy atom. The maximum Gasteiger partial charge on any atom is 0.307 e. The molecule has 0 aromatic carbocycles. The number of allylic oxidation sites excluding steroid dienone is 1. The zero-order valence-electron chi connectivity index (χ0n) is 35.0. The highest BCUT2D eigenvalue weighted by Gasteiger charge is 2.71. The molecule has 300 valence electrons. The number of nitrogens with one attached hydrogen (secondary N) is 1. The van der Waals surface area contributed by atoms with Crippen LogP contribution in [0.1, 0.15) is 170 Å². The first-order valence-corrected chi connectivity index (χ1v) is 22.7. The number of ether oxygens (including phenoxy) is 2. The summed E-state index contributed by atoms with van der Waals surface area (Å²) in [7, 11) is 0. The maximum atomic E-state index is 13.3. The molecule has 0 aromatic heterocycles. The highest BCUT2D eigenvalue weighted by molar-refractivity contribution is 5.70. The van der Waals surface area contributed by atoms with Gasteiger partial charge in [0, 0.05) is 29.8 Å². The largest absolute Gasteiger partial charge is 0.465 e. The normalized spacial score (nSPS) is 43.8. The van der Waals surface area contributed by atoms with E-state index in [-0.39, 0.29) is 45.1 Å². The summed E-state index contributed by atoms with van der Waals surface area (Å²) in [4.78, 5) is 28.9. The predicted molar refractivity (Wildman–Crippen MR) is 214 cm³/mol. The second kappa shape index (κ2) is 15.5. The molecule has 6 nitrogen and oxygen atoms in total. The van der Waals surface area contributed by atoms with E-state index in [0.717, 1.165) is 45.4 Å². The van der Waals surface area contributed by atoms with Gasteiger partial charge in [-0.2, -0.15) is 0 Å². The van der Waals surface area contributed by atoms with Gasteiger partial charge in [0.25, 0.3) is 0 Å². The van der Waals surface area contributed by atoms with Crippen molar-refractivity contribution in [3.63, 3.8) is 0 Å². The Balaban J connectivity index is 1.03. The van der Waals surface area contributed by atoms with Crippen LogP contribution in [0, 0.1) is 56.7 Å². The van der Waals surface area contributed by atoms with Crippen LogP contribution in [0.3, 0.4) is 0 Å². The quantitative estimate of drug-likeness (QED) is 0.168. The van der Waals surface area contributed by atoms with Gasteiger partial charge in [-0.25, -0.2) is 0 Å². The van der Waals surface area contributed by atoms with Crippen LogP contribution in [0.15, 0.2) is 12.2 Å². The van der Waals surface area contributed by atoms with E-state index in [1.807, 2.05) is 0 Å². The summed E-state index contributed by atoms with van der Waals surface area (Å²) in [6.07, 6.45) is 22.8. The number of fused-ring (bicyclic) bond motifs is 7. The van der Waals surface area contributed by atoms with Crippen molar-refractivity contribution in [2.24, 2.45) is 56.7 Å². The number of carbonyl (C=O) groups excluding carboxylic acids is 2. The molecule has 1 N–H and O–H groups in total. The first-order valence-electron chi connectivity index (χ1n) is 22.7. The second-order valence-corrected chi connectivity index (χ2v) is 21.2. The molecule has 0 bridgehead atoms. The molecule has 0 amide bonds. The molecule has 2 saturated heterocycles. The van der Waals surface area contributed by atoms with Crippen molar-refractivity contribution in [1.29, 1.82) is 0 Å². The number of nitrogens with zero attached hydrogens (tertiary/aromatic N) is 1. The molecule has 7 rings (SSSR count). The Morgan fingerprint density at radius 1 is 0.774 bits per heavy atom. The van der Waals surface area contributed by atoms with Gasteiger partial charge in [0.1, 0.15) is 6.10 Å². The van der Waals surface area contributed by atoms with Crippen LogP contribution in [0.2, 0.25) is 0 Å². The van der Waals surface area contributed by atoms with E-state index in [2.05, 4.69) is 58.3 Å². The lowest BCUT2D eigenvalue weighted by atomic mass is 9.32. The third-order valence-corrected chi connectivity index (χ3v) is 18.4. The molecule has 5 aliphatic carbocycles. The van der Waals surface area contributed by atoms with Gasteiger partial charge in [-0.15, -0.1) is 0 Å². The Kier molecular flexibility index (Phi) is 11.7. The SMILES string of the molecule is C=C(C)C1CC[C@]2(COC(=O)CCCC3CCCCN3)CC[C@]3(C)C(CCC4[C@@]5(C)CC[C@H](OC(=O)CCN6CCCCC6)C(C)(C)C5CC[C@]43C)C12. The maximum absolute atomic E-state index is 13.3. The summed E-state index contributed by atoms with van der Waals surface area (Å²) < 4.78 is 12.7. The van der Waals surface area contributed by atoms with Gasteiger partial charge >= 0.3 is 11.9 Å². The molecule has 11 atom stereocenters. The van der Waals surface area contributed by atoms with Gasteiger partial charge in [0.15, 0.2) is 0 Å². The molecule has 2 aliphatic heterocycles. The number of carbonyl (C=O) groups is 2. The minimum absolute atomic E-state index is 0.0162. The molecule has 0 aromatic rings. The minimum atomic E-state index is -0.0259. The minimum Gasteiger partial charge on any atom is -0.465 e. The van der Waals surface area contributed by atoms with Crippen molar-refractivity contribution in [3.05, 3.63) is 12.2 Å². The van der Waals surface area contributed by atoms with E-state index < -0.39 is 0 Å². The fraction of sp³-hybridized carbons (Fsp3) is 0.915. The number of hydrogen-bond donors (Lipinski definition) is 1. The predicted octanol–water partition coefficient (Wildman–Crippen LogP) is 10.3. The third kappa shape index (κ3) is 7.23. The molecule has 6 unspecified atom stereocenters. The number of hydrogen-bond acceptors (Lipinski definition) is 6. The van der Waals surface area contributed by atoms with E-state index in [9.17, 15) is 9.59 Å². The molecule has 5 saturated carbocycles. The molecule has 6 heteroatoms. The van der Waals surface area contributed by atoms with E-state index >= 15 is 0 Å². The monoisotopic (exact) mass is 735 g/mol. The van der Waals surface area contributed by atoms with Gasteiger partial charge < -0.3 is 19.7 Å². The van der Waals surface area contributed by atoms with Gasteiger partial charge in [-0.05, 0) is 175 Å². The van der Waals surface area contributed by atoms with Crippen molar-refractivity contribution >= 4 is 11.9 Å². The second-order valence-electron chi connectivity index (χ2n) is 21.2. The Labute approximate surface area is 324 Å². The summed E-state index contributed by atoms with van der Waals surface area (Å²) in [5, 5.41) is 3.64. The molecule has 0 spiro atoms. The molecular weight excluding hydrogens is 657 g/mol. The zero-order valence-corrected chi connectivity index (χ0v) is 35.0. The van der Waals surface area contributed by atoms with Crippen LogP contribution in [0.5, 0.6) is 0 Å². The van der Waals surface area contributed by atoms with Crippen molar-refractivity contribution in [1.82, 2.24) is 10.2 Å². The lowest BCUT2D eigenvalue weighted by Crippen LogP contribution is -2.67. The molecule has 7 aliphatic rings. The van der Waals surface area contributed by atoms with Gasteiger partial charge in [-0.1, -0.05) is 59.6 Å². The van der Waals surface area contributed by atoms with Crippen LogP contribution in [0.25, 0.3) is 0 Å². The molecule has 0 radical (unpaired) electrons. The van der Waals surface area contributed by atoms with E-state index in [1.165, 1.54) is 102 Å². The average Bonchev–Trinajstić information content (AvgIpc) is 3.53. The summed E-state index contributed by atoms with van der Waals surface area (Å²) in [5.74, 6) is 3.01. The van der Waals surface area contributed by atoms with Crippen LogP contribution < -0.4 is 5.32 Å². The molecule has 53 heavy (non-hydrogen) atoms. The number of piperidine rings is 2. The van der Waals surface area contributed by atoms with E-state index in [1.54, 1.807) is 0 Å². The van der Waals surface area contributed by atoms with E-state index in [0.29, 0.717) is 55.1 Å². The Morgan fingerprint density at radius 3 is 2.30 bits per heavy atom. The summed E-state index contributed by atoms with van der Waals surface area (Å²) in [5.41, 5.74) is 2.20. The number of likely N-dealkylation sites (tertiary alicyclic amines) is 1. The molecular formula is C47H78N2O4. The van der Waals surface area contributed by atoms with Crippen LogP contribution in [-0.2, 0) is 19.1 Å². The Bertz CT molecular complexity index is 1330. The van der Waals surface area contributed by atoms with Gasteiger partial charge in [-0.3, -0.25) is 9.59 Å². The fourth-order valence-corrected chi connectivity index (χ4v) is 15.3.